The van der Waals surface area contributed by atoms with Crippen LogP contribution < -0.4 is 24.2 Å². The van der Waals surface area contributed by atoms with Crippen LogP contribution in [0.15, 0.2) is 59.5 Å². The van der Waals surface area contributed by atoms with E-state index in [2.05, 4.69) is 10.0 Å². The van der Waals surface area contributed by atoms with Crippen molar-refractivity contribution in [1.29, 1.82) is 5.41 Å². The Hall–Kier alpha value is -3.27. The summed E-state index contributed by atoms with van der Waals surface area (Å²) in [6.07, 6.45) is 6.63. The number of halogens is 1. The molecule has 1 aliphatic heterocycles. The Kier molecular flexibility index (Phi) is 9.30. The first-order valence-electron chi connectivity index (χ1n) is 14.3. The highest BCUT2D eigenvalue weighted by Gasteiger charge is 2.38. The Balaban J connectivity index is 1.47. The van der Waals surface area contributed by atoms with E-state index in [1.165, 1.54) is 44.2 Å². The van der Waals surface area contributed by atoms with Crippen LogP contribution in [0.25, 0.3) is 0 Å². The number of rotatable bonds is 11. The fourth-order valence-corrected chi connectivity index (χ4v) is 7.38. The second kappa shape index (κ2) is 12.9. The maximum Gasteiger partial charge on any atom is 0.261 e. The Labute approximate surface area is 253 Å². The van der Waals surface area contributed by atoms with E-state index in [0.717, 1.165) is 17.5 Å². The van der Waals surface area contributed by atoms with Crippen LogP contribution in [-0.2, 0) is 16.6 Å². The van der Waals surface area contributed by atoms with Gasteiger partial charge in [-0.3, -0.25) is 10.0 Å². The van der Waals surface area contributed by atoms with Crippen LogP contribution in [0, 0.1) is 11.3 Å². The summed E-state index contributed by atoms with van der Waals surface area (Å²) in [4.78, 5) is 0.0769. The van der Waals surface area contributed by atoms with E-state index >= 15 is 0 Å². The molecular weight excluding hydrogens is 574 g/mol. The molecule has 42 heavy (non-hydrogen) atoms. The van der Waals surface area contributed by atoms with E-state index in [-0.39, 0.29) is 17.0 Å². The van der Waals surface area contributed by atoms with E-state index < -0.39 is 10.0 Å². The fraction of sp³-hybridized carbons (Fsp3) is 0.406. The van der Waals surface area contributed by atoms with Crippen molar-refractivity contribution in [3.8, 4) is 17.2 Å². The van der Waals surface area contributed by atoms with Gasteiger partial charge in [-0.2, -0.15) is 0 Å². The molecule has 1 saturated carbocycles. The van der Waals surface area contributed by atoms with Crippen molar-refractivity contribution in [2.45, 2.75) is 69.0 Å². The van der Waals surface area contributed by atoms with Crippen LogP contribution in [0.2, 0.25) is 5.02 Å². The van der Waals surface area contributed by atoms with Crippen LogP contribution in [0.4, 0.5) is 5.69 Å². The van der Waals surface area contributed by atoms with Crippen molar-refractivity contribution >= 4 is 33.0 Å². The van der Waals surface area contributed by atoms with Crippen molar-refractivity contribution in [1.82, 2.24) is 5.32 Å². The van der Waals surface area contributed by atoms with Crippen molar-refractivity contribution < 1.29 is 22.6 Å². The summed E-state index contributed by atoms with van der Waals surface area (Å²) in [6, 6.07) is 15.5. The van der Waals surface area contributed by atoms with Gasteiger partial charge < -0.3 is 19.6 Å². The second-order valence-electron chi connectivity index (χ2n) is 11.1. The summed E-state index contributed by atoms with van der Waals surface area (Å²) in [5.41, 5.74) is 3.20. The largest absolute Gasteiger partial charge is 0.493 e. The highest BCUT2D eigenvalue weighted by Crippen LogP contribution is 2.47. The molecule has 1 aliphatic carbocycles. The normalized spacial score (nSPS) is 18.7. The van der Waals surface area contributed by atoms with Crippen LogP contribution in [-0.4, -0.2) is 34.6 Å². The lowest BCUT2D eigenvalue weighted by Gasteiger charge is -2.27. The number of anilines is 1. The van der Waals surface area contributed by atoms with Gasteiger partial charge in [0.1, 0.15) is 5.75 Å². The van der Waals surface area contributed by atoms with Gasteiger partial charge in [-0.1, -0.05) is 55.8 Å². The van der Waals surface area contributed by atoms with Crippen molar-refractivity contribution in [2.75, 3.05) is 18.9 Å². The van der Waals surface area contributed by atoms with Gasteiger partial charge in [0.05, 0.1) is 24.8 Å². The van der Waals surface area contributed by atoms with Gasteiger partial charge in [0.2, 0.25) is 0 Å². The lowest BCUT2D eigenvalue weighted by atomic mass is 9.80. The zero-order valence-corrected chi connectivity index (χ0v) is 25.8. The van der Waals surface area contributed by atoms with E-state index in [9.17, 15) is 8.42 Å². The number of benzene rings is 3. The number of hydrogen-bond donors (Lipinski definition) is 3. The third-order valence-electron chi connectivity index (χ3n) is 8.16. The van der Waals surface area contributed by atoms with Crippen LogP contribution in [0.3, 0.4) is 0 Å². The lowest BCUT2D eigenvalue weighted by molar-refractivity contribution is 0.145. The van der Waals surface area contributed by atoms with Crippen LogP contribution in [0.5, 0.6) is 17.2 Å². The molecule has 3 N–H and O–H groups in total. The molecule has 0 radical (unpaired) electrons. The zero-order chi connectivity index (χ0) is 29.9. The molecule has 2 unspecified atom stereocenters. The van der Waals surface area contributed by atoms with Gasteiger partial charge >= 0.3 is 0 Å². The molecular formula is C32H38ClN3O5S. The third-order valence-corrected chi connectivity index (χ3v) is 9.77. The summed E-state index contributed by atoms with van der Waals surface area (Å²) < 4.78 is 46.7. The summed E-state index contributed by atoms with van der Waals surface area (Å²) >= 11 is 6.07. The highest BCUT2D eigenvalue weighted by atomic mass is 35.5. The quantitative estimate of drug-likeness (QED) is 0.199. The van der Waals surface area contributed by atoms with Gasteiger partial charge in [-0.15, -0.1) is 0 Å². The van der Waals surface area contributed by atoms with Crippen molar-refractivity contribution in [3.05, 3.63) is 76.3 Å². The molecule has 2 atom stereocenters. The summed E-state index contributed by atoms with van der Waals surface area (Å²) in [5.74, 6) is 2.50. The van der Waals surface area contributed by atoms with Crippen molar-refractivity contribution in [2.24, 2.45) is 5.92 Å². The lowest BCUT2D eigenvalue weighted by Crippen LogP contribution is -2.36. The molecule has 0 amide bonds. The molecule has 0 bridgehead atoms. The van der Waals surface area contributed by atoms with E-state index in [1.807, 2.05) is 24.3 Å². The first-order chi connectivity index (χ1) is 20.2. The topological polar surface area (TPSA) is 110 Å². The Morgan fingerprint density at radius 2 is 1.79 bits per heavy atom. The first kappa shape index (κ1) is 30.2. The zero-order valence-electron chi connectivity index (χ0n) is 24.2. The summed E-state index contributed by atoms with van der Waals surface area (Å²) in [5, 5.41) is 12.4. The second-order valence-corrected chi connectivity index (χ2v) is 13.2. The molecule has 224 valence electrons. The van der Waals surface area contributed by atoms with E-state index in [1.54, 1.807) is 39.3 Å². The molecule has 0 spiro atoms. The van der Waals surface area contributed by atoms with E-state index in [0.29, 0.717) is 51.7 Å². The molecule has 1 heterocycles. The van der Waals surface area contributed by atoms with Gasteiger partial charge in [-0.05, 0) is 67.3 Å². The summed E-state index contributed by atoms with van der Waals surface area (Å²) in [6.45, 7) is 2.22. The first-order valence-corrected chi connectivity index (χ1v) is 16.2. The van der Waals surface area contributed by atoms with Gasteiger partial charge in [0.25, 0.3) is 10.0 Å². The van der Waals surface area contributed by atoms with Gasteiger partial charge in [0.15, 0.2) is 17.7 Å². The molecule has 3 aromatic carbocycles. The number of hydrogen-bond acceptors (Lipinski definition) is 7. The Morgan fingerprint density at radius 3 is 2.48 bits per heavy atom. The molecule has 8 nitrogen and oxygen atoms in total. The minimum Gasteiger partial charge on any atom is -0.493 e. The average molecular weight is 612 g/mol. The maximum atomic E-state index is 13.3. The predicted molar refractivity (Wildman–Crippen MR) is 166 cm³/mol. The number of nitrogens with one attached hydrogen (secondary N) is 3. The molecule has 0 saturated heterocycles. The molecule has 0 aromatic heterocycles. The average Bonchev–Trinajstić information content (AvgIpc) is 3.32. The van der Waals surface area contributed by atoms with Crippen LogP contribution >= 0.6 is 11.6 Å². The standard InChI is InChI=1S/C32H38ClN3O5S/c1-20(34)26-17-24(36-42(37,38)25-11-7-10-23(33)16-25)18-27-28(14-21-8-5-4-6-9-21)32(41-31(26)27)35-19-22-12-13-29(39-2)30(15-22)40-3/h7,10-13,15-18,21,28,32,34-36H,4-6,8-9,14,19H2,1-3H3. The maximum absolute atomic E-state index is 13.3. The molecule has 3 aromatic rings. The van der Waals surface area contributed by atoms with E-state index in [4.69, 9.17) is 31.2 Å². The monoisotopic (exact) mass is 611 g/mol. The smallest absolute Gasteiger partial charge is 0.261 e. The predicted octanol–water partition coefficient (Wildman–Crippen LogP) is 7.11. The fourth-order valence-electron chi connectivity index (χ4n) is 6.04. The summed E-state index contributed by atoms with van der Waals surface area (Å²) in [7, 11) is -0.667. The van der Waals surface area contributed by atoms with Gasteiger partial charge in [-0.25, -0.2) is 8.42 Å². The minimum absolute atomic E-state index is 0.0167. The Morgan fingerprint density at radius 1 is 1.02 bits per heavy atom. The number of methoxy groups -OCH3 is 2. The SMILES string of the molecule is COc1ccc(CNC2Oc3c(C(C)=N)cc(NS(=O)(=O)c4cccc(Cl)c4)cc3C2CC2CCCCC2)cc1OC. The number of sulfonamides is 1. The highest BCUT2D eigenvalue weighted by molar-refractivity contribution is 7.92. The van der Waals surface area contributed by atoms with Crippen LogP contribution in [0.1, 0.15) is 68.1 Å². The van der Waals surface area contributed by atoms with Gasteiger partial charge in [0, 0.05) is 34.3 Å². The Bertz CT molecular complexity index is 1560. The molecule has 1 fully saturated rings. The third kappa shape index (κ3) is 6.69. The molecule has 2 aliphatic rings. The minimum atomic E-state index is -3.90. The molecule has 10 heteroatoms. The number of ether oxygens (including phenoxy) is 3. The van der Waals surface area contributed by atoms with Crippen molar-refractivity contribution in [3.63, 3.8) is 0 Å². The number of fused-ring (bicyclic) bond motifs is 1. The molecule has 5 rings (SSSR count).